The third-order valence-corrected chi connectivity index (χ3v) is 4.62. The van der Waals surface area contributed by atoms with Gasteiger partial charge in [-0.25, -0.2) is 4.79 Å². The first kappa shape index (κ1) is 20.0. The summed E-state index contributed by atoms with van der Waals surface area (Å²) >= 11 is 0. The number of carbonyl (C=O) groups excluding carboxylic acids is 1. The molecule has 0 atom stereocenters. The van der Waals surface area contributed by atoms with Gasteiger partial charge in [-0.1, -0.05) is 6.07 Å². The van der Waals surface area contributed by atoms with Gasteiger partial charge in [-0.2, -0.15) is 0 Å². The van der Waals surface area contributed by atoms with Gasteiger partial charge < -0.3 is 24.3 Å². The number of hydrogen-bond donors (Lipinski definition) is 2. The summed E-state index contributed by atoms with van der Waals surface area (Å²) in [6.07, 6.45) is 3.49. The van der Waals surface area contributed by atoms with E-state index in [0.717, 1.165) is 10.9 Å². The van der Waals surface area contributed by atoms with Crippen LogP contribution in [0.5, 0.6) is 17.2 Å². The number of fused-ring (bicyclic) bond motifs is 1. The molecule has 0 fully saturated rings. The normalized spacial score (nSPS) is 11.4. The first-order valence-electron chi connectivity index (χ1n) is 8.77. The molecule has 0 unspecified atom stereocenters. The zero-order valence-electron chi connectivity index (χ0n) is 16.5. The van der Waals surface area contributed by atoms with E-state index in [-0.39, 0.29) is 11.3 Å². The molecule has 0 bridgehead atoms. The number of ether oxygens (including phenoxy) is 3. The van der Waals surface area contributed by atoms with Gasteiger partial charge in [-0.15, -0.1) is 0 Å². The van der Waals surface area contributed by atoms with Crippen molar-refractivity contribution in [2.75, 3.05) is 21.3 Å². The summed E-state index contributed by atoms with van der Waals surface area (Å²) in [5.41, 5.74) is 2.57. The number of carboxylic acids is 1. The lowest BCUT2D eigenvalue weighted by molar-refractivity contribution is 0.0697. The van der Waals surface area contributed by atoms with Crippen molar-refractivity contribution in [3.05, 3.63) is 58.8 Å². The largest absolute Gasteiger partial charge is 0.493 e. The van der Waals surface area contributed by atoms with E-state index in [0.29, 0.717) is 33.9 Å². The first-order chi connectivity index (χ1) is 13.9. The molecule has 0 spiro atoms. The van der Waals surface area contributed by atoms with Crippen molar-refractivity contribution >= 4 is 28.7 Å². The Labute approximate surface area is 167 Å². The van der Waals surface area contributed by atoms with Crippen LogP contribution in [0.25, 0.3) is 17.0 Å². The summed E-state index contributed by atoms with van der Waals surface area (Å²) in [5, 5.41) is 9.94. The van der Waals surface area contributed by atoms with Gasteiger partial charge in [-0.3, -0.25) is 4.79 Å². The summed E-state index contributed by atoms with van der Waals surface area (Å²) < 4.78 is 15.9. The van der Waals surface area contributed by atoms with Gasteiger partial charge in [0.25, 0.3) is 0 Å². The Hall–Kier alpha value is -3.74. The Morgan fingerprint density at radius 2 is 1.62 bits per heavy atom. The number of hydrogen-bond acceptors (Lipinski definition) is 5. The van der Waals surface area contributed by atoms with E-state index in [2.05, 4.69) is 4.98 Å². The fraction of sp³-hybridized carbons (Fsp3) is 0.182. The van der Waals surface area contributed by atoms with Crippen molar-refractivity contribution in [3.63, 3.8) is 0 Å². The second kappa shape index (κ2) is 8.10. The number of rotatable bonds is 7. The number of H-pyrrole nitrogens is 1. The molecule has 29 heavy (non-hydrogen) atoms. The SMILES string of the molecule is COc1cc(C(=O)C(C)=Cc2c[nH]c3cc(C(=O)O)ccc23)cc(OC)c1OC. The molecule has 0 radical (unpaired) electrons. The molecule has 0 amide bonds. The number of Topliss-reactive ketones (excluding diaryl/α,β-unsaturated/α-hetero) is 1. The molecule has 0 aliphatic rings. The fourth-order valence-corrected chi connectivity index (χ4v) is 3.14. The van der Waals surface area contributed by atoms with Crippen LogP contribution in [-0.2, 0) is 0 Å². The maximum Gasteiger partial charge on any atom is 0.335 e. The van der Waals surface area contributed by atoms with Crippen molar-refractivity contribution in [3.8, 4) is 17.2 Å². The second-order valence-electron chi connectivity index (χ2n) is 6.38. The zero-order chi connectivity index (χ0) is 21.1. The summed E-state index contributed by atoms with van der Waals surface area (Å²) in [6, 6.07) is 8.03. The van der Waals surface area contributed by atoms with Crippen LogP contribution in [0.15, 0.2) is 42.1 Å². The highest BCUT2D eigenvalue weighted by molar-refractivity contribution is 6.12. The highest BCUT2D eigenvalue weighted by atomic mass is 16.5. The lowest BCUT2D eigenvalue weighted by Crippen LogP contribution is -2.04. The number of aromatic amines is 1. The van der Waals surface area contributed by atoms with Gasteiger partial charge in [0, 0.05) is 28.2 Å². The van der Waals surface area contributed by atoms with Crippen LogP contribution >= 0.6 is 0 Å². The number of nitrogens with one attached hydrogen (secondary N) is 1. The molecule has 0 aliphatic carbocycles. The van der Waals surface area contributed by atoms with E-state index in [4.69, 9.17) is 19.3 Å². The average Bonchev–Trinajstić information content (AvgIpc) is 3.13. The van der Waals surface area contributed by atoms with E-state index in [1.165, 1.54) is 27.4 Å². The Morgan fingerprint density at radius 3 is 2.17 bits per heavy atom. The Kier molecular flexibility index (Phi) is 5.59. The second-order valence-corrected chi connectivity index (χ2v) is 6.38. The van der Waals surface area contributed by atoms with Crippen LogP contribution in [-0.4, -0.2) is 43.2 Å². The molecule has 3 rings (SSSR count). The highest BCUT2D eigenvalue weighted by Gasteiger charge is 2.18. The number of carboxylic acid groups (broad SMARTS) is 1. The van der Waals surface area contributed by atoms with Crippen LogP contribution in [0.4, 0.5) is 0 Å². The minimum Gasteiger partial charge on any atom is -0.493 e. The minimum absolute atomic E-state index is 0.194. The van der Waals surface area contributed by atoms with Crippen LogP contribution in [0.1, 0.15) is 33.2 Å². The number of aromatic nitrogens is 1. The van der Waals surface area contributed by atoms with E-state index in [9.17, 15) is 9.59 Å². The summed E-state index contributed by atoms with van der Waals surface area (Å²) in [7, 11) is 4.48. The molecule has 0 saturated heterocycles. The summed E-state index contributed by atoms with van der Waals surface area (Å²) in [6.45, 7) is 1.72. The minimum atomic E-state index is -0.993. The van der Waals surface area contributed by atoms with Crippen LogP contribution in [0.2, 0.25) is 0 Å². The molecule has 1 aromatic heterocycles. The van der Waals surface area contributed by atoms with Crippen LogP contribution < -0.4 is 14.2 Å². The van der Waals surface area contributed by atoms with E-state index >= 15 is 0 Å². The summed E-state index contributed by atoms with van der Waals surface area (Å²) in [5.74, 6) is 0.0275. The molecule has 2 N–H and O–H groups in total. The number of benzene rings is 2. The molecule has 150 valence electrons. The molecule has 7 heteroatoms. The standard InChI is InChI=1S/C22H21NO6/c1-12(7-15-11-23-17-8-13(22(25)26)5-6-16(15)17)20(24)14-9-18(27-2)21(29-4)19(10-14)28-3/h5-11,23H,1-4H3,(H,25,26). The first-order valence-corrected chi connectivity index (χ1v) is 8.77. The zero-order valence-corrected chi connectivity index (χ0v) is 16.5. The van der Waals surface area contributed by atoms with Gasteiger partial charge in [0.2, 0.25) is 5.75 Å². The lowest BCUT2D eigenvalue weighted by atomic mass is 10.0. The van der Waals surface area contributed by atoms with Gasteiger partial charge in [0.1, 0.15) is 0 Å². The Morgan fingerprint density at radius 1 is 0.966 bits per heavy atom. The number of allylic oxidation sites excluding steroid dienone is 1. The third-order valence-electron chi connectivity index (χ3n) is 4.62. The molecule has 2 aromatic carbocycles. The van der Waals surface area contributed by atoms with Crippen molar-refractivity contribution in [1.29, 1.82) is 0 Å². The van der Waals surface area contributed by atoms with Gasteiger partial charge in [0.15, 0.2) is 17.3 Å². The monoisotopic (exact) mass is 395 g/mol. The number of methoxy groups -OCH3 is 3. The molecule has 1 heterocycles. The van der Waals surface area contributed by atoms with Crippen molar-refractivity contribution < 1.29 is 28.9 Å². The van der Waals surface area contributed by atoms with E-state index in [1.54, 1.807) is 43.5 Å². The molecule has 7 nitrogen and oxygen atoms in total. The van der Waals surface area contributed by atoms with Crippen LogP contribution in [0.3, 0.4) is 0 Å². The van der Waals surface area contributed by atoms with E-state index < -0.39 is 5.97 Å². The Balaban J connectivity index is 1.99. The summed E-state index contributed by atoms with van der Waals surface area (Å²) in [4.78, 5) is 27.1. The smallest absolute Gasteiger partial charge is 0.335 e. The quantitative estimate of drug-likeness (QED) is 0.460. The van der Waals surface area contributed by atoms with Crippen molar-refractivity contribution in [1.82, 2.24) is 4.98 Å². The molecule has 3 aromatic rings. The fourth-order valence-electron chi connectivity index (χ4n) is 3.14. The third kappa shape index (κ3) is 3.80. The number of carbonyl (C=O) groups is 2. The van der Waals surface area contributed by atoms with Gasteiger partial charge >= 0.3 is 5.97 Å². The molecule has 0 aliphatic heterocycles. The maximum absolute atomic E-state index is 13.0. The van der Waals surface area contributed by atoms with Crippen LogP contribution in [0, 0.1) is 0 Å². The van der Waals surface area contributed by atoms with Crippen molar-refractivity contribution in [2.45, 2.75) is 6.92 Å². The molecule has 0 saturated carbocycles. The Bertz CT molecular complexity index is 1100. The maximum atomic E-state index is 13.0. The topological polar surface area (TPSA) is 97.9 Å². The number of ketones is 1. The van der Waals surface area contributed by atoms with E-state index in [1.807, 2.05) is 0 Å². The van der Waals surface area contributed by atoms with Gasteiger partial charge in [-0.05, 0) is 42.8 Å². The average molecular weight is 395 g/mol. The number of aromatic carboxylic acids is 1. The van der Waals surface area contributed by atoms with Gasteiger partial charge in [0.05, 0.1) is 26.9 Å². The predicted molar refractivity (Wildman–Crippen MR) is 109 cm³/mol. The highest BCUT2D eigenvalue weighted by Crippen LogP contribution is 2.38. The van der Waals surface area contributed by atoms with Crippen molar-refractivity contribution in [2.24, 2.45) is 0 Å². The molecular formula is C22H21NO6. The molecular weight excluding hydrogens is 374 g/mol. The lowest BCUT2D eigenvalue weighted by Gasteiger charge is -2.13. The predicted octanol–water partition coefficient (Wildman–Crippen LogP) is 4.18.